The Kier molecular flexibility index (Phi) is 4.44. The van der Waals surface area contributed by atoms with Gasteiger partial charge in [-0.3, -0.25) is 0 Å². The summed E-state index contributed by atoms with van der Waals surface area (Å²) in [5.41, 5.74) is 5.71. The molecule has 2 aliphatic rings. The maximum Gasteiger partial charge on any atom is 0.214 e. The fraction of sp³-hybridized carbons (Fsp3) is 1.00. The summed E-state index contributed by atoms with van der Waals surface area (Å²) in [6, 6.07) is 0. The molecule has 0 aromatic rings. The standard InChI is InChI=1S/C12H24N2O2S/c13-8-10-4-3-5-11(10)9-14-17(15,16)12-6-1-2-7-12/h10-12,14H,1-9,13H2. The van der Waals surface area contributed by atoms with Crippen LogP contribution in [0.2, 0.25) is 0 Å². The van der Waals surface area contributed by atoms with Gasteiger partial charge in [0.15, 0.2) is 0 Å². The van der Waals surface area contributed by atoms with Crippen molar-refractivity contribution in [3.8, 4) is 0 Å². The third-order valence-corrected chi connectivity index (χ3v) is 6.33. The van der Waals surface area contributed by atoms with E-state index in [1.807, 2.05) is 0 Å². The molecule has 2 fully saturated rings. The summed E-state index contributed by atoms with van der Waals surface area (Å²) in [7, 11) is -3.07. The predicted octanol–water partition coefficient (Wildman–Crippen LogP) is 1.22. The Bertz CT molecular complexity index is 336. The molecule has 17 heavy (non-hydrogen) atoms. The molecule has 0 bridgehead atoms. The Hall–Kier alpha value is -0.130. The van der Waals surface area contributed by atoms with E-state index in [0.717, 1.165) is 38.5 Å². The highest BCUT2D eigenvalue weighted by Crippen LogP contribution is 2.31. The summed E-state index contributed by atoms with van der Waals surface area (Å²) >= 11 is 0. The fourth-order valence-corrected chi connectivity index (χ4v) is 4.87. The molecule has 0 heterocycles. The average Bonchev–Trinajstić information content (AvgIpc) is 2.97. The van der Waals surface area contributed by atoms with E-state index in [9.17, 15) is 8.42 Å². The van der Waals surface area contributed by atoms with E-state index in [4.69, 9.17) is 5.73 Å². The lowest BCUT2D eigenvalue weighted by atomic mass is 9.97. The Morgan fingerprint density at radius 2 is 1.65 bits per heavy atom. The number of rotatable bonds is 5. The minimum absolute atomic E-state index is 0.139. The minimum Gasteiger partial charge on any atom is -0.330 e. The third kappa shape index (κ3) is 3.20. The van der Waals surface area contributed by atoms with Crippen molar-refractivity contribution in [1.82, 2.24) is 4.72 Å². The van der Waals surface area contributed by atoms with Gasteiger partial charge in [-0.25, -0.2) is 13.1 Å². The second kappa shape index (κ2) is 5.67. The summed E-state index contributed by atoms with van der Waals surface area (Å²) < 4.78 is 26.9. The van der Waals surface area contributed by atoms with E-state index in [1.165, 1.54) is 6.42 Å². The molecule has 3 N–H and O–H groups in total. The lowest BCUT2D eigenvalue weighted by molar-refractivity contribution is 0.392. The molecule has 2 unspecified atom stereocenters. The Morgan fingerprint density at radius 1 is 1.00 bits per heavy atom. The van der Waals surface area contributed by atoms with Crippen LogP contribution in [-0.2, 0) is 10.0 Å². The van der Waals surface area contributed by atoms with Crippen molar-refractivity contribution in [3.63, 3.8) is 0 Å². The van der Waals surface area contributed by atoms with Crippen LogP contribution in [0.1, 0.15) is 44.9 Å². The van der Waals surface area contributed by atoms with Crippen LogP contribution < -0.4 is 10.5 Å². The Labute approximate surface area is 104 Å². The van der Waals surface area contributed by atoms with Crippen molar-refractivity contribution in [2.45, 2.75) is 50.2 Å². The Morgan fingerprint density at radius 3 is 2.29 bits per heavy atom. The molecule has 2 atom stereocenters. The summed E-state index contributed by atoms with van der Waals surface area (Å²) in [6.45, 7) is 1.29. The summed E-state index contributed by atoms with van der Waals surface area (Å²) in [5, 5.41) is -0.139. The summed E-state index contributed by atoms with van der Waals surface area (Å²) in [4.78, 5) is 0. The molecule has 2 aliphatic carbocycles. The summed E-state index contributed by atoms with van der Waals surface area (Å²) in [5.74, 6) is 0.970. The van der Waals surface area contributed by atoms with Gasteiger partial charge in [-0.1, -0.05) is 19.3 Å². The molecule has 0 aliphatic heterocycles. The molecular weight excluding hydrogens is 236 g/mol. The SMILES string of the molecule is NCC1CCCC1CNS(=O)(=O)C1CCCC1. The average molecular weight is 260 g/mol. The number of nitrogens with one attached hydrogen (secondary N) is 1. The van der Waals surface area contributed by atoms with Gasteiger partial charge in [0.25, 0.3) is 0 Å². The van der Waals surface area contributed by atoms with Gasteiger partial charge in [-0.2, -0.15) is 0 Å². The van der Waals surface area contributed by atoms with Crippen LogP contribution >= 0.6 is 0 Å². The van der Waals surface area contributed by atoms with E-state index < -0.39 is 10.0 Å². The van der Waals surface area contributed by atoms with Gasteiger partial charge < -0.3 is 5.73 Å². The molecule has 2 rings (SSSR count). The molecule has 0 aromatic heterocycles. The van der Waals surface area contributed by atoms with Gasteiger partial charge in [0, 0.05) is 6.54 Å². The molecule has 5 heteroatoms. The number of hydrogen-bond acceptors (Lipinski definition) is 3. The maximum atomic E-state index is 12.0. The molecule has 0 radical (unpaired) electrons. The molecular formula is C12H24N2O2S. The largest absolute Gasteiger partial charge is 0.330 e. The molecule has 0 spiro atoms. The van der Waals surface area contributed by atoms with Gasteiger partial charge in [-0.15, -0.1) is 0 Å². The second-order valence-corrected chi connectivity index (χ2v) is 7.53. The number of nitrogens with two attached hydrogens (primary N) is 1. The van der Waals surface area contributed by atoms with Gasteiger partial charge in [0.2, 0.25) is 10.0 Å². The zero-order valence-electron chi connectivity index (χ0n) is 10.4. The Balaban J connectivity index is 1.84. The van der Waals surface area contributed by atoms with Crippen LogP contribution in [0, 0.1) is 11.8 Å². The van der Waals surface area contributed by atoms with Crippen molar-refractivity contribution in [2.24, 2.45) is 17.6 Å². The molecule has 4 nitrogen and oxygen atoms in total. The van der Waals surface area contributed by atoms with E-state index >= 15 is 0 Å². The zero-order chi connectivity index (χ0) is 12.3. The van der Waals surface area contributed by atoms with Gasteiger partial charge in [0.05, 0.1) is 5.25 Å². The van der Waals surface area contributed by atoms with Crippen LogP contribution in [0.25, 0.3) is 0 Å². The van der Waals surface area contributed by atoms with Crippen LogP contribution in [0.4, 0.5) is 0 Å². The predicted molar refractivity (Wildman–Crippen MR) is 69.1 cm³/mol. The van der Waals surface area contributed by atoms with Crippen LogP contribution in [-0.4, -0.2) is 26.8 Å². The minimum atomic E-state index is -3.07. The van der Waals surface area contributed by atoms with E-state index in [1.54, 1.807) is 0 Å². The monoisotopic (exact) mass is 260 g/mol. The van der Waals surface area contributed by atoms with Crippen molar-refractivity contribution in [3.05, 3.63) is 0 Å². The highest BCUT2D eigenvalue weighted by Gasteiger charge is 2.31. The second-order valence-electron chi connectivity index (χ2n) is 5.49. The molecule has 0 saturated heterocycles. The van der Waals surface area contributed by atoms with Crippen molar-refractivity contribution in [1.29, 1.82) is 0 Å². The smallest absolute Gasteiger partial charge is 0.214 e. The number of hydrogen-bond donors (Lipinski definition) is 2. The molecule has 0 amide bonds. The number of sulfonamides is 1. The summed E-state index contributed by atoms with van der Waals surface area (Å²) in [6.07, 6.45) is 7.25. The van der Waals surface area contributed by atoms with Crippen LogP contribution in [0.3, 0.4) is 0 Å². The first-order valence-electron chi connectivity index (χ1n) is 6.82. The molecule has 100 valence electrons. The highest BCUT2D eigenvalue weighted by atomic mass is 32.2. The van der Waals surface area contributed by atoms with E-state index in [2.05, 4.69) is 4.72 Å². The topological polar surface area (TPSA) is 72.2 Å². The first kappa shape index (κ1) is 13.3. The van der Waals surface area contributed by atoms with Gasteiger partial charge >= 0.3 is 0 Å². The quantitative estimate of drug-likeness (QED) is 0.781. The molecule has 2 saturated carbocycles. The fourth-order valence-electron chi connectivity index (χ4n) is 3.23. The van der Waals surface area contributed by atoms with Gasteiger partial charge in [0.1, 0.15) is 0 Å². The van der Waals surface area contributed by atoms with Crippen molar-refractivity contribution < 1.29 is 8.42 Å². The highest BCUT2D eigenvalue weighted by molar-refractivity contribution is 7.90. The molecule has 0 aromatic carbocycles. The lowest BCUT2D eigenvalue weighted by Gasteiger charge is -2.20. The third-order valence-electron chi connectivity index (χ3n) is 4.41. The maximum absolute atomic E-state index is 12.0. The van der Waals surface area contributed by atoms with E-state index in [-0.39, 0.29) is 5.25 Å². The zero-order valence-corrected chi connectivity index (χ0v) is 11.2. The van der Waals surface area contributed by atoms with Crippen molar-refractivity contribution >= 4 is 10.0 Å². The first-order chi connectivity index (χ1) is 8.13. The normalized spacial score (nSPS) is 31.1. The lowest BCUT2D eigenvalue weighted by Crippen LogP contribution is -2.37. The first-order valence-corrected chi connectivity index (χ1v) is 8.36. The van der Waals surface area contributed by atoms with Gasteiger partial charge in [-0.05, 0) is 44.1 Å². The van der Waals surface area contributed by atoms with Crippen LogP contribution in [0.15, 0.2) is 0 Å². The van der Waals surface area contributed by atoms with Crippen LogP contribution in [0.5, 0.6) is 0 Å². The van der Waals surface area contributed by atoms with E-state index in [0.29, 0.717) is 24.9 Å². The van der Waals surface area contributed by atoms with Crippen molar-refractivity contribution in [2.75, 3.05) is 13.1 Å².